The summed E-state index contributed by atoms with van der Waals surface area (Å²) in [5, 5.41) is 9.28. The molecule has 1 aliphatic rings. The number of carbonyl (C=O) groups is 4. The molecule has 1 aromatic rings. The average molecular weight is 501 g/mol. The normalized spacial score (nSPS) is 22.3. The van der Waals surface area contributed by atoms with Crippen LogP contribution in [0.15, 0.2) is 18.2 Å². The zero-order valence-electron chi connectivity index (χ0n) is 21.9. The van der Waals surface area contributed by atoms with Crippen LogP contribution in [0.2, 0.25) is 0 Å². The van der Waals surface area contributed by atoms with E-state index in [9.17, 15) is 24.3 Å². The van der Waals surface area contributed by atoms with Crippen molar-refractivity contribution < 1.29 is 29.0 Å². The van der Waals surface area contributed by atoms with E-state index in [2.05, 4.69) is 11.8 Å². The van der Waals surface area contributed by atoms with Gasteiger partial charge in [0.15, 0.2) is 0 Å². The molecule has 3 atom stereocenters. The maximum atomic E-state index is 12.8. The summed E-state index contributed by atoms with van der Waals surface area (Å²) in [6.07, 6.45) is 5.07. The van der Waals surface area contributed by atoms with Crippen LogP contribution in [0.4, 0.5) is 0 Å². The van der Waals surface area contributed by atoms with Crippen LogP contribution < -0.4 is 0 Å². The highest BCUT2D eigenvalue weighted by atomic mass is 16.5. The fourth-order valence-electron chi connectivity index (χ4n) is 4.91. The number of carboxylic acids is 1. The molecule has 0 radical (unpaired) electrons. The second-order valence-corrected chi connectivity index (χ2v) is 9.89. The third-order valence-corrected chi connectivity index (χ3v) is 6.75. The molecule has 1 N–H and O–H groups in total. The SMILES string of the molecule is B[C@@H]1CN(CC=O)CC(C)CCCC(=O)CCCc2cccc(n2)CN1C(CCC(=O)O)C(=O)OC. The molecule has 198 valence electrons. The summed E-state index contributed by atoms with van der Waals surface area (Å²) in [7, 11) is 3.29. The van der Waals surface area contributed by atoms with E-state index in [1.807, 2.05) is 30.9 Å². The number of carbonyl (C=O) groups excluding carboxylic acids is 3. The Labute approximate surface area is 215 Å². The second kappa shape index (κ2) is 15.5. The number of esters is 1. The number of ketones is 1. The Morgan fingerprint density at radius 1 is 1.22 bits per heavy atom. The number of Topliss-reactive ketones (excluding diaryl/α,β-unsaturated/α-hetero) is 1. The first kappa shape index (κ1) is 29.6. The number of ether oxygens (including phenoxy) is 1. The van der Waals surface area contributed by atoms with Crippen molar-refractivity contribution >= 4 is 31.9 Å². The van der Waals surface area contributed by atoms with Gasteiger partial charge in [0.2, 0.25) is 0 Å². The van der Waals surface area contributed by atoms with E-state index in [0.717, 1.165) is 36.9 Å². The summed E-state index contributed by atoms with van der Waals surface area (Å²) in [5.41, 5.74) is 1.64. The molecular weight excluding hydrogens is 461 g/mol. The molecule has 0 fully saturated rings. The molecule has 2 rings (SSSR count). The van der Waals surface area contributed by atoms with Crippen molar-refractivity contribution in [2.75, 3.05) is 26.7 Å². The van der Waals surface area contributed by atoms with Crippen LogP contribution in [0, 0.1) is 5.92 Å². The van der Waals surface area contributed by atoms with E-state index in [4.69, 9.17) is 9.72 Å². The number of hydrogen-bond donors (Lipinski definition) is 1. The summed E-state index contributed by atoms with van der Waals surface area (Å²) >= 11 is 0. The van der Waals surface area contributed by atoms with Crippen LogP contribution in [0.5, 0.6) is 0 Å². The zero-order valence-corrected chi connectivity index (χ0v) is 21.9. The molecule has 1 aliphatic heterocycles. The molecule has 1 aromatic heterocycles. The lowest BCUT2D eigenvalue weighted by Gasteiger charge is -2.37. The molecular formula is C26H40BN3O6. The van der Waals surface area contributed by atoms with E-state index >= 15 is 0 Å². The van der Waals surface area contributed by atoms with Gasteiger partial charge in [0.05, 0.1) is 19.3 Å². The van der Waals surface area contributed by atoms with Crippen molar-refractivity contribution in [3.8, 4) is 0 Å². The molecule has 0 saturated carbocycles. The number of carboxylic acid groups (broad SMARTS) is 1. The lowest BCUT2D eigenvalue weighted by atomic mass is 9.90. The predicted molar refractivity (Wildman–Crippen MR) is 138 cm³/mol. The summed E-state index contributed by atoms with van der Waals surface area (Å²) < 4.78 is 5.06. The monoisotopic (exact) mass is 501 g/mol. The van der Waals surface area contributed by atoms with Gasteiger partial charge in [-0.2, -0.15) is 0 Å². The van der Waals surface area contributed by atoms with Crippen molar-refractivity contribution in [1.82, 2.24) is 14.8 Å². The molecule has 0 saturated heterocycles. The van der Waals surface area contributed by atoms with Crippen LogP contribution in [0.1, 0.15) is 63.3 Å². The maximum absolute atomic E-state index is 12.8. The maximum Gasteiger partial charge on any atom is 0.323 e. The lowest BCUT2D eigenvalue weighted by molar-refractivity contribution is -0.149. The Morgan fingerprint density at radius 3 is 2.64 bits per heavy atom. The largest absolute Gasteiger partial charge is 0.481 e. The summed E-state index contributed by atoms with van der Waals surface area (Å²) in [6.45, 7) is 3.92. The standard InChI is InChI=1S/C26H40BN3O6/c1-19-6-3-10-22(32)11-5-8-20-7-4-9-21(28-20)17-30(24(27)18-29(16-19)14-15-31)23(26(35)36-2)12-13-25(33)34/h4,7,9,15,19,23-24H,3,5-6,8,10-14,16-18,27H2,1-2H3,(H,33,34)/t19?,23?,24-/m0/s1. The topological polar surface area (TPSA) is 117 Å². The smallest absolute Gasteiger partial charge is 0.323 e. The highest BCUT2D eigenvalue weighted by molar-refractivity contribution is 6.12. The van der Waals surface area contributed by atoms with Gasteiger partial charge in [-0.3, -0.25) is 29.2 Å². The van der Waals surface area contributed by atoms with Gasteiger partial charge in [-0.15, -0.1) is 0 Å². The Balaban J connectivity index is 2.40. The summed E-state index contributed by atoms with van der Waals surface area (Å²) in [4.78, 5) is 56.7. The van der Waals surface area contributed by atoms with Crippen LogP contribution in [-0.2, 0) is 36.9 Å². The molecule has 0 aromatic carbocycles. The summed E-state index contributed by atoms with van der Waals surface area (Å²) in [5.74, 6) is -1.08. The first-order chi connectivity index (χ1) is 17.2. The molecule has 2 unspecified atom stereocenters. The third-order valence-electron chi connectivity index (χ3n) is 6.75. The van der Waals surface area contributed by atoms with Gasteiger partial charge >= 0.3 is 11.9 Å². The number of methoxy groups -OCH3 is 1. The number of aldehydes is 1. The molecule has 9 nitrogen and oxygen atoms in total. The zero-order chi connectivity index (χ0) is 26.5. The lowest BCUT2D eigenvalue weighted by Crippen LogP contribution is -2.52. The van der Waals surface area contributed by atoms with Gasteiger partial charge in [-0.05, 0) is 56.1 Å². The van der Waals surface area contributed by atoms with E-state index in [0.29, 0.717) is 44.8 Å². The molecule has 2 bridgehead atoms. The first-order valence-electron chi connectivity index (χ1n) is 12.9. The van der Waals surface area contributed by atoms with Gasteiger partial charge < -0.3 is 14.6 Å². The molecule has 10 heteroatoms. The second-order valence-electron chi connectivity index (χ2n) is 9.89. The minimum atomic E-state index is -0.979. The van der Waals surface area contributed by atoms with Crippen molar-refractivity contribution in [3.05, 3.63) is 29.6 Å². The number of aliphatic carboxylic acids is 1. The fraction of sp³-hybridized carbons (Fsp3) is 0.654. The number of rotatable bonds is 7. The quantitative estimate of drug-likeness (QED) is 0.337. The van der Waals surface area contributed by atoms with E-state index in [1.54, 1.807) is 0 Å². The summed E-state index contributed by atoms with van der Waals surface area (Å²) in [6, 6.07) is 4.98. The molecule has 0 amide bonds. The number of fused-ring (bicyclic) bond motifs is 2. The van der Waals surface area contributed by atoms with Gasteiger partial charge in [0.25, 0.3) is 0 Å². The van der Waals surface area contributed by atoms with Crippen molar-refractivity contribution in [1.29, 1.82) is 0 Å². The van der Waals surface area contributed by atoms with Crippen molar-refractivity contribution in [3.63, 3.8) is 0 Å². The van der Waals surface area contributed by atoms with Crippen molar-refractivity contribution in [2.24, 2.45) is 5.92 Å². The number of hydrogen-bond acceptors (Lipinski definition) is 8. The van der Waals surface area contributed by atoms with Crippen LogP contribution in [0.3, 0.4) is 0 Å². The number of aryl methyl sites for hydroxylation is 1. The molecule has 0 spiro atoms. The van der Waals surface area contributed by atoms with Crippen LogP contribution in [-0.4, -0.2) is 90.5 Å². The van der Waals surface area contributed by atoms with Crippen molar-refractivity contribution in [2.45, 2.75) is 76.8 Å². The van der Waals surface area contributed by atoms with Gasteiger partial charge in [0.1, 0.15) is 26.0 Å². The Hall–Kier alpha value is -2.59. The minimum Gasteiger partial charge on any atom is -0.481 e. The van der Waals surface area contributed by atoms with E-state index in [1.165, 1.54) is 7.11 Å². The van der Waals surface area contributed by atoms with Crippen LogP contribution in [0.25, 0.3) is 0 Å². The average Bonchev–Trinajstić information content (AvgIpc) is 2.82. The Kier molecular flexibility index (Phi) is 12.8. The first-order valence-corrected chi connectivity index (χ1v) is 12.9. The van der Waals surface area contributed by atoms with E-state index in [-0.39, 0.29) is 31.1 Å². The van der Waals surface area contributed by atoms with Gasteiger partial charge in [0, 0.05) is 44.6 Å². The Morgan fingerprint density at radius 2 is 1.94 bits per heavy atom. The Bertz CT molecular complexity index is 883. The highest BCUT2D eigenvalue weighted by Crippen LogP contribution is 2.19. The predicted octanol–water partition coefficient (Wildman–Crippen LogP) is 1.46. The van der Waals surface area contributed by atoms with E-state index < -0.39 is 18.0 Å². The highest BCUT2D eigenvalue weighted by Gasteiger charge is 2.32. The molecule has 2 heterocycles. The molecule has 36 heavy (non-hydrogen) atoms. The number of nitrogens with zero attached hydrogens (tertiary/aromatic N) is 3. The minimum absolute atomic E-state index is 0.109. The third kappa shape index (κ3) is 10.2. The van der Waals surface area contributed by atoms with Crippen LogP contribution >= 0.6 is 0 Å². The number of pyridine rings is 1. The number of aromatic nitrogens is 1. The molecule has 0 aliphatic carbocycles. The van der Waals surface area contributed by atoms with Gasteiger partial charge in [-0.1, -0.05) is 13.0 Å². The fourth-order valence-corrected chi connectivity index (χ4v) is 4.91. The van der Waals surface area contributed by atoms with Gasteiger partial charge in [-0.25, -0.2) is 0 Å².